The molecule has 0 bridgehead atoms. The number of aromatic nitrogens is 5. The van der Waals surface area contributed by atoms with Crippen LogP contribution in [0.25, 0.3) is 39.0 Å². The van der Waals surface area contributed by atoms with Gasteiger partial charge in [-0.2, -0.15) is 5.10 Å². The van der Waals surface area contributed by atoms with Crippen LogP contribution in [-0.4, -0.2) is 48.8 Å². The molecule has 0 spiro atoms. The zero-order chi connectivity index (χ0) is 28.0. The number of nitrogens with zero attached hydrogens (tertiary/aromatic N) is 5. The minimum absolute atomic E-state index is 0.0863. The van der Waals surface area contributed by atoms with Gasteiger partial charge in [0.1, 0.15) is 22.9 Å². The number of hydrogen-bond acceptors (Lipinski definition) is 7. The van der Waals surface area contributed by atoms with E-state index in [0.29, 0.717) is 42.1 Å². The van der Waals surface area contributed by atoms with Gasteiger partial charge in [-0.05, 0) is 64.7 Å². The number of aryl methyl sites for hydroxylation is 2. The molecule has 1 N–H and O–H groups in total. The van der Waals surface area contributed by atoms with Gasteiger partial charge in [-0.15, -0.1) is 0 Å². The molecule has 10 heteroatoms. The summed E-state index contributed by atoms with van der Waals surface area (Å²) in [5.74, 6) is 1.15. The zero-order valence-corrected chi connectivity index (χ0v) is 23.0. The first-order valence-electron chi connectivity index (χ1n) is 13.5. The number of ether oxygens (including phenoxy) is 2. The Balaban J connectivity index is 1.62. The predicted octanol–water partition coefficient (Wildman–Crippen LogP) is 6.07. The highest BCUT2D eigenvalue weighted by Gasteiger charge is 2.25. The summed E-state index contributed by atoms with van der Waals surface area (Å²) in [6.07, 6.45) is 10.2. The van der Waals surface area contributed by atoms with Gasteiger partial charge in [-0.1, -0.05) is 5.16 Å². The van der Waals surface area contributed by atoms with Crippen LogP contribution in [-0.2, 0) is 6.54 Å². The van der Waals surface area contributed by atoms with E-state index in [1.54, 1.807) is 0 Å². The molecule has 1 aliphatic carbocycles. The Morgan fingerprint density at radius 2 is 1.77 bits per heavy atom. The first-order chi connectivity index (χ1) is 19.4. The van der Waals surface area contributed by atoms with Crippen LogP contribution >= 0.6 is 0 Å². The molecule has 206 valence electrons. The molecule has 0 unspecified atom stereocenters. The van der Waals surface area contributed by atoms with Crippen molar-refractivity contribution in [3.05, 3.63) is 60.0 Å². The van der Waals surface area contributed by atoms with Gasteiger partial charge in [0.15, 0.2) is 0 Å². The zero-order valence-electron chi connectivity index (χ0n) is 23.0. The molecule has 1 aliphatic rings. The third kappa shape index (κ3) is 4.59. The topological polar surface area (TPSA) is 117 Å². The van der Waals surface area contributed by atoms with Gasteiger partial charge in [-0.25, -0.2) is 4.79 Å². The minimum atomic E-state index is -1.06. The maximum Gasteiger partial charge on any atom is 0.335 e. The quantitative estimate of drug-likeness (QED) is 0.226. The molecule has 0 saturated heterocycles. The Morgan fingerprint density at radius 3 is 2.38 bits per heavy atom. The first-order valence-corrected chi connectivity index (χ1v) is 13.5. The summed E-state index contributed by atoms with van der Waals surface area (Å²) in [7, 11) is 0. The SMILES string of the molecule is CCOc1cc(C(=O)O)cc(OCC)c1-n1cc(-c2cnn(CC3CC3)c2)c2ncc(-c3c(C)noc3C)cc21. The molecule has 0 radical (unpaired) electrons. The summed E-state index contributed by atoms with van der Waals surface area (Å²) >= 11 is 0. The lowest BCUT2D eigenvalue weighted by Crippen LogP contribution is -2.07. The largest absolute Gasteiger partial charge is 0.492 e. The van der Waals surface area contributed by atoms with Crippen LogP contribution in [0.3, 0.4) is 0 Å². The molecule has 6 rings (SSSR count). The number of hydrogen-bond donors (Lipinski definition) is 1. The van der Waals surface area contributed by atoms with Gasteiger partial charge < -0.3 is 23.7 Å². The highest BCUT2D eigenvalue weighted by molar-refractivity contribution is 5.97. The van der Waals surface area contributed by atoms with E-state index in [9.17, 15) is 9.90 Å². The monoisotopic (exact) mass is 541 g/mol. The molecule has 1 saturated carbocycles. The van der Waals surface area contributed by atoms with E-state index in [4.69, 9.17) is 19.0 Å². The predicted molar refractivity (Wildman–Crippen MR) is 149 cm³/mol. The van der Waals surface area contributed by atoms with E-state index in [2.05, 4.69) is 16.5 Å². The van der Waals surface area contributed by atoms with Crippen LogP contribution in [0.4, 0.5) is 0 Å². The maximum absolute atomic E-state index is 11.9. The van der Waals surface area contributed by atoms with Gasteiger partial charge in [0.25, 0.3) is 0 Å². The van der Waals surface area contributed by atoms with Gasteiger partial charge in [-0.3, -0.25) is 9.67 Å². The molecular weight excluding hydrogens is 510 g/mol. The summed E-state index contributed by atoms with van der Waals surface area (Å²) in [4.78, 5) is 16.9. The molecule has 4 aromatic heterocycles. The smallest absolute Gasteiger partial charge is 0.335 e. The fraction of sp³-hybridized carbons (Fsp3) is 0.333. The van der Waals surface area contributed by atoms with Crippen molar-refractivity contribution in [3.63, 3.8) is 0 Å². The van der Waals surface area contributed by atoms with E-state index in [-0.39, 0.29) is 5.56 Å². The number of rotatable bonds is 10. The van der Waals surface area contributed by atoms with E-state index in [1.807, 2.05) is 61.6 Å². The van der Waals surface area contributed by atoms with E-state index in [0.717, 1.165) is 45.5 Å². The average Bonchev–Trinajstić information content (AvgIpc) is 3.33. The number of carbonyl (C=O) groups is 1. The number of aromatic carboxylic acids is 1. The summed E-state index contributed by atoms with van der Waals surface area (Å²) in [6, 6.07) is 5.12. The molecule has 0 amide bonds. The van der Waals surface area contributed by atoms with Gasteiger partial charge in [0.05, 0.1) is 41.7 Å². The van der Waals surface area contributed by atoms with Crippen LogP contribution in [0, 0.1) is 19.8 Å². The van der Waals surface area contributed by atoms with Crippen LogP contribution in [0.5, 0.6) is 11.5 Å². The van der Waals surface area contributed by atoms with E-state index >= 15 is 0 Å². The second-order valence-corrected chi connectivity index (χ2v) is 10.1. The van der Waals surface area contributed by atoms with E-state index in [1.165, 1.54) is 25.0 Å². The Bertz CT molecular complexity index is 1680. The van der Waals surface area contributed by atoms with Crippen molar-refractivity contribution < 1.29 is 23.9 Å². The lowest BCUT2D eigenvalue weighted by molar-refractivity contribution is 0.0695. The highest BCUT2D eigenvalue weighted by atomic mass is 16.5. The fourth-order valence-electron chi connectivity index (χ4n) is 5.17. The third-order valence-corrected chi connectivity index (χ3v) is 7.18. The minimum Gasteiger partial charge on any atom is -0.492 e. The molecule has 0 atom stereocenters. The summed E-state index contributed by atoms with van der Waals surface area (Å²) in [5, 5.41) is 18.5. The van der Waals surface area contributed by atoms with Crippen LogP contribution in [0.15, 0.2) is 47.5 Å². The number of fused-ring (bicyclic) bond motifs is 1. The van der Waals surface area contributed by atoms with Crippen LogP contribution in [0.1, 0.15) is 48.5 Å². The molecule has 0 aliphatic heterocycles. The second kappa shape index (κ2) is 10.2. The molecule has 10 nitrogen and oxygen atoms in total. The van der Waals surface area contributed by atoms with Gasteiger partial charge in [0, 0.05) is 47.4 Å². The first kappa shape index (κ1) is 25.7. The van der Waals surface area contributed by atoms with Crippen molar-refractivity contribution in [2.75, 3.05) is 13.2 Å². The van der Waals surface area contributed by atoms with Crippen molar-refractivity contribution in [1.82, 2.24) is 24.5 Å². The number of pyridine rings is 1. The second-order valence-electron chi connectivity index (χ2n) is 10.1. The normalized spacial score (nSPS) is 13.2. The Labute approximate surface area is 231 Å². The Morgan fingerprint density at radius 1 is 1.05 bits per heavy atom. The van der Waals surface area contributed by atoms with Crippen LogP contribution < -0.4 is 9.47 Å². The van der Waals surface area contributed by atoms with Gasteiger partial charge >= 0.3 is 5.97 Å². The summed E-state index contributed by atoms with van der Waals surface area (Å²) < 4.78 is 21.4. The molecule has 1 fully saturated rings. The van der Waals surface area contributed by atoms with Crippen molar-refractivity contribution in [3.8, 4) is 39.4 Å². The number of benzene rings is 1. The maximum atomic E-state index is 11.9. The third-order valence-electron chi connectivity index (χ3n) is 7.18. The Hall–Kier alpha value is -4.60. The molecular formula is C30H31N5O5. The standard InChI is InChI=1S/C30H31N5O5/c1-5-38-25-10-20(30(36)37)11-26(39-6-2)29(25)35-16-23(22-13-32-34(15-22)14-19-7-8-19)28-24(35)9-21(12-31-28)27-17(3)33-40-18(27)4/h9-13,15-16,19H,5-8,14H2,1-4H3,(H,36,37). The van der Waals surface area contributed by atoms with Crippen molar-refractivity contribution in [2.24, 2.45) is 5.92 Å². The lowest BCUT2D eigenvalue weighted by atomic mass is 10.1. The molecule has 4 heterocycles. The van der Waals surface area contributed by atoms with Crippen molar-refractivity contribution >= 4 is 17.0 Å². The average molecular weight is 542 g/mol. The molecule has 5 aromatic rings. The summed E-state index contributed by atoms with van der Waals surface area (Å²) in [6.45, 7) is 9.11. The highest BCUT2D eigenvalue weighted by Crippen LogP contribution is 2.41. The number of carboxylic acid groups (broad SMARTS) is 1. The van der Waals surface area contributed by atoms with Crippen molar-refractivity contribution in [2.45, 2.75) is 47.1 Å². The molecule has 40 heavy (non-hydrogen) atoms. The molecule has 1 aromatic carbocycles. The Kier molecular flexibility index (Phi) is 6.53. The van der Waals surface area contributed by atoms with Gasteiger partial charge in [0.2, 0.25) is 0 Å². The van der Waals surface area contributed by atoms with E-state index < -0.39 is 5.97 Å². The number of carboxylic acids is 1. The fourth-order valence-corrected chi connectivity index (χ4v) is 5.17. The van der Waals surface area contributed by atoms with Crippen LogP contribution in [0.2, 0.25) is 0 Å². The lowest BCUT2D eigenvalue weighted by Gasteiger charge is -2.18. The van der Waals surface area contributed by atoms with Crippen molar-refractivity contribution in [1.29, 1.82) is 0 Å². The summed E-state index contributed by atoms with van der Waals surface area (Å²) in [5.41, 5.74) is 6.62.